The predicted octanol–water partition coefficient (Wildman–Crippen LogP) is 5.99. The summed E-state index contributed by atoms with van der Waals surface area (Å²) in [5.74, 6) is 0.212. The molecule has 0 saturated carbocycles. The van der Waals surface area contributed by atoms with Crippen LogP contribution >= 0.6 is 11.3 Å². The lowest BCUT2D eigenvalue weighted by Crippen LogP contribution is -2.46. The van der Waals surface area contributed by atoms with Gasteiger partial charge in [0.15, 0.2) is 0 Å². The van der Waals surface area contributed by atoms with E-state index in [0.29, 0.717) is 23.8 Å². The molecule has 0 radical (unpaired) electrons. The second-order valence-electron chi connectivity index (χ2n) is 8.21. The Bertz CT molecular complexity index is 1350. The van der Waals surface area contributed by atoms with Crippen LogP contribution in [0, 0.1) is 12.7 Å². The number of aryl methyl sites for hydroxylation is 1. The highest BCUT2D eigenvalue weighted by Crippen LogP contribution is 2.37. The molecule has 0 fully saturated rings. The first kappa shape index (κ1) is 22.0. The van der Waals surface area contributed by atoms with Gasteiger partial charge >= 0.3 is 6.03 Å². The van der Waals surface area contributed by atoms with Crippen molar-refractivity contribution in [2.45, 2.75) is 26.3 Å². The summed E-state index contributed by atoms with van der Waals surface area (Å²) < 4.78 is 19.4. The fourth-order valence-electron chi connectivity index (χ4n) is 4.09. The molecule has 0 saturated heterocycles. The maximum Gasteiger partial charge on any atom is 0.322 e. The number of urea groups is 1. The average molecular weight is 475 g/mol. The van der Waals surface area contributed by atoms with Gasteiger partial charge in [0, 0.05) is 22.7 Å². The molecule has 172 valence electrons. The second kappa shape index (κ2) is 9.23. The summed E-state index contributed by atoms with van der Waals surface area (Å²) in [5, 5.41) is 9.24. The lowest BCUT2D eigenvalue weighted by Gasteiger charge is -2.35. The summed E-state index contributed by atoms with van der Waals surface area (Å²) in [4.78, 5) is 20.6. The zero-order valence-corrected chi connectivity index (χ0v) is 19.6. The molecule has 3 heterocycles. The third-order valence-corrected chi connectivity index (χ3v) is 6.84. The molecule has 1 atom stereocenters. The highest BCUT2D eigenvalue weighted by Gasteiger charge is 2.35. The van der Waals surface area contributed by atoms with Crippen molar-refractivity contribution >= 4 is 22.9 Å². The van der Waals surface area contributed by atoms with E-state index in [1.54, 1.807) is 28.4 Å². The van der Waals surface area contributed by atoms with Gasteiger partial charge in [0.25, 0.3) is 5.89 Å². The van der Waals surface area contributed by atoms with Crippen LogP contribution in [0.25, 0.3) is 17.0 Å². The number of carbonyl (C=O) groups is 1. The monoisotopic (exact) mass is 474 g/mol. The van der Waals surface area contributed by atoms with Gasteiger partial charge in [-0.25, -0.2) is 9.18 Å². The molecule has 6 nitrogen and oxygen atoms in total. The van der Waals surface area contributed by atoms with Crippen molar-refractivity contribution in [3.63, 3.8) is 0 Å². The quantitative estimate of drug-likeness (QED) is 0.373. The van der Waals surface area contributed by atoms with Gasteiger partial charge in [0.2, 0.25) is 5.82 Å². The molecule has 1 aliphatic rings. The maximum atomic E-state index is 13.7. The number of thiophene rings is 1. The maximum absolute atomic E-state index is 13.7. The topological polar surface area (TPSA) is 71.3 Å². The summed E-state index contributed by atoms with van der Waals surface area (Å²) in [6.45, 7) is 4.43. The summed E-state index contributed by atoms with van der Waals surface area (Å²) >= 11 is 1.67. The van der Waals surface area contributed by atoms with Crippen LogP contribution in [0.4, 0.5) is 9.18 Å². The number of rotatable bonds is 6. The third-order valence-electron chi connectivity index (χ3n) is 5.91. The Morgan fingerprint density at radius 2 is 1.94 bits per heavy atom. The lowest BCUT2D eigenvalue weighted by atomic mass is 9.94. The van der Waals surface area contributed by atoms with E-state index in [9.17, 15) is 9.18 Å². The van der Waals surface area contributed by atoms with E-state index >= 15 is 0 Å². The fourth-order valence-corrected chi connectivity index (χ4v) is 4.79. The summed E-state index contributed by atoms with van der Waals surface area (Å²) in [6.07, 6.45) is 0.739. The normalized spacial score (nSPS) is 16.1. The Balaban J connectivity index is 1.56. The molecule has 0 aliphatic carbocycles. The van der Waals surface area contributed by atoms with E-state index in [2.05, 4.69) is 21.5 Å². The zero-order valence-electron chi connectivity index (χ0n) is 18.8. The van der Waals surface area contributed by atoms with Crippen molar-refractivity contribution < 1.29 is 13.7 Å². The summed E-state index contributed by atoms with van der Waals surface area (Å²) in [7, 11) is 0. The minimum absolute atomic E-state index is 0.173. The first-order valence-electron chi connectivity index (χ1n) is 11.0. The van der Waals surface area contributed by atoms with Gasteiger partial charge in [0.1, 0.15) is 5.82 Å². The fraction of sp³-hybridized carbons (Fsp3) is 0.192. The number of nitrogens with zero attached hydrogens (tertiary/aromatic N) is 3. The molecule has 2 aromatic carbocycles. The van der Waals surface area contributed by atoms with Gasteiger partial charge in [-0.3, -0.25) is 4.90 Å². The van der Waals surface area contributed by atoms with Gasteiger partial charge in [-0.2, -0.15) is 4.98 Å². The van der Waals surface area contributed by atoms with Crippen molar-refractivity contribution in [2.24, 2.45) is 0 Å². The molecule has 2 amide bonds. The molecule has 8 heteroatoms. The van der Waals surface area contributed by atoms with E-state index in [1.165, 1.54) is 17.0 Å². The largest absolute Gasteiger partial charge is 0.334 e. The third kappa shape index (κ3) is 4.36. The SMILES string of the molecule is CC1=C(c2nc(-c3cccc(F)c3)no2)C(c2ccc(C)cc2)NC(=O)N1CCc1cccs1. The lowest BCUT2D eigenvalue weighted by molar-refractivity contribution is 0.205. The minimum atomic E-state index is -0.452. The van der Waals surface area contributed by atoms with Crippen molar-refractivity contribution in [3.8, 4) is 11.4 Å². The Morgan fingerprint density at radius 1 is 1.12 bits per heavy atom. The van der Waals surface area contributed by atoms with Gasteiger partial charge in [-0.05, 0) is 49.4 Å². The predicted molar refractivity (Wildman–Crippen MR) is 129 cm³/mol. The van der Waals surface area contributed by atoms with Crippen molar-refractivity contribution in [3.05, 3.63) is 99.5 Å². The number of hydrogen-bond acceptors (Lipinski definition) is 5. The molecule has 1 N–H and O–H groups in total. The molecule has 4 aromatic rings. The van der Waals surface area contributed by atoms with Crippen LogP contribution in [0.15, 0.2) is 76.3 Å². The van der Waals surface area contributed by atoms with Gasteiger partial charge in [-0.15, -0.1) is 11.3 Å². The Kier molecular flexibility index (Phi) is 5.98. The van der Waals surface area contributed by atoms with Crippen molar-refractivity contribution in [1.29, 1.82) is 0 Å². The Morgan fingerprint density at radius 3 is 2.68 bits per heavy atom. The molecular formula is C26H23FN4O2S. The zero-order chi connectivity index (χ0) is 23.7. The Hall–Kier alpha value is -3.78. The van der Waals surface area contributed by atoms with Crippen LogP contribution in [-0.2, 0) is 6.42 Å². The van der Waals surface area contributed by atoms with Gasteiger partial charge in [0.05, 0.1) is 11.6 Å². The van der Waals surface area contributed by atoms with Crippen LogP contribution in [0.1, 0.15) is 34.9 Å². The molecule has 5 rings (SSSR count). The number of amides is 2. The first-order valence-corrected chi connectivity index (χ1v) is 11.9. The van der Waals surface area contributed by atoms with Crippen LogP contribution in [0.5, 0.6) is 0 Å². The smallest absolute Gasteiger partial charge is 0.322 e. The first-order chi connectivity index (χ1) is 16.5. The molecule has 1 aliphatic heterocycles. The molecule has 2 aromatic heterocycles. The van der Waals surface area contributed by atoms with Gasteiger partial charge in [-0.1, -0.05) is 53.2 Å². The van der Waals surface area contributed by atoms with E-state index < -0.39 is 6.04 Å². The van der Waals surface area contributed by atoms with Crippen LogP contribution < -0.4 is 5.32 Å². The van der Waals surface area contributed by atoms with E-state index in [4.69, 9.17) is 4.52 Å². The number of aromatic nitrogens is 2. The van der Waals surface area contributed by atoms with E-state index in [1.807, 2.05) is 49.6 Å². The standard InChI is InChI=1S/C26H23FN4O2S/c1-16-8-10-18(11-9-16)23-22(25-29-24(30-33-25)19-5-3-6-20(27)15-19)17(2)31(26(32)28-23)13-12-21-7-4-14-34-21/h3-11,14-15,23H,12-13H2,1-2H3,(H,28,32). The van der Waals surface area contributed by atoms with E-state index in [0.717, 1.165) is 28.8 Å². The molecule has 0 spiro atoms. The van der Waals surface area contributed by atoms with Crippen molar-refractivity contribution in [1.82, 2.24) is 20.4 Å². The van der Waals surface area contributed by atoms with Crippen LogP contribution in [-0.4, -0.2) is 27.6 Å². The summed E-state index contributed by atoms with van der Waals surface area (Å²) in [5.41, 5.74) is 4.04. The second-order valence-corrected chi connectivity index (χ2v) is 9.24. The van der Waals surface area contributed by atoms with Crippen molar-refractivity contribution in [2.75, 3.05) is 6.54 Å². The average Bonchev–Trinajstić information content (AvgIpc) is 3.52. The minimum Gasteiger partial charge on any atom is -0.334 e. The molecule has 34 heavy (non-hydrogen) atoms. The number of halogens is 1. The van der Waals surface area contributed by atoms with Crippen LogP contribution in [0.2, 0.25) is 0 Å². The summed E-state index contributed by atoms with van der Waals surface area (Å²) in [6, 6.07) is 17.5. The number of nitrogens with one attached hydrogen (secondary N) is 1. The number of benzene rings is 2. The van der Waals surface area contributed by atoms with E-state index in [-0.39, 0.29) is 11.8 Å². The number of carbonyl (C=O) groups excluding carboxylic acids is 1. The van der Waals surface area contributed by atoms with Gasteiger partial charge < -0.3 is 9.84 Å². The molecule has 1 unspecified atom stereocenters. The Labute approximate surface area is 200 Å². The highest BCUT2D eigenvalue weighted by molar-refractivity contribution is 7.09. The number of hydrogen-bond donors (Lipinski definition) is 1. The molecule has 0 bridgehead atoms. The number of allylic oxidation sites excluding steroid dienone is 1. The van der Waals surface area contributed by atoms with Crippen LogP contribution in [0.3, 0.4) is 0 Å². The molecular weight excluding hydrogens is 451 g/mol. The highest BCUT2D eigenvalue weighted by atomic mass is 32.1.